The van der Waals surface area contributed by atoms with Crippen molar-refractivity contribution in [1.82, 2.24) is 4.90 Å². The predicted molar refractivity (Wildman–Crippen MR) is 80.7 cm³/mol. The third-order valence-corrected chi connectivity index (χ3v) is 3.58. The molecule has 0 aromatic heterocycles. The zero-order valence-electron chi connectivity index (χ0n) is 11.5. The monoisotopic (exact) mass is 297 g/mol. The van der Waals surface area contributed by atoms with Crippen molar-refractivity contribution < 1.29 is 9.59 Å². The zero-order chi connectivity index (χ0) is 14.0. The number of nitrogen functional groups attached to an aromatic ring is 1. The number of amides is 2. The van der Waals surface area contributed by atoms with Crippen LogP contribution in [0.5, 0.6) is 0 Å². The van der Waals surface area contributed by atoms with Crippen LogP contribution in [0.2, 0.25) is 0 Å². The molecular formula is C14H20ClN3O2. The van der Waals surface area contributed by atoms with E-state index < -0.39 is 11.9 Å². The Labute approximate surface area is 124 Å². The zero-order valence-corrected chi connectivity index (χ0v) is 12.3. The van der Waals surface area contributed by atoms with Crippen molar-refractivity contribution in [1.29, 1.82) is 0 Å². The molecule has 20 heavy (non-hydrogen) atoms. The van der Waals surface area contributed by atoms with E-state index in [1.165, 1.54) is 0 Å². The first kappa shape index (κ1) is 16.3. The fraction of sp³-hybridized carbons (Fsp3) is 0.429. The first-order chi connectivity index (χ1) is 9.00. The maximum atomic E-state index is 12.6. The van der Waals surface area contributed by atoms with Crippen LogP contribution in [0, 0.1) is 6.92 Å². The molecule has 0 spiro atoms. The van der Waals surface area contributed by atoms with E-state index in [-0.39, 0.29) is 18.3 Å². The largest absolute Gasteiger partial charge is 0.399 e. The number of aryl methyl sites for hydroxylation is 1. The maximum Gasteiger partial charge on any atom is 0.254 e. The number of rotatable bonds is 2. The molecule has 5 nitrogen and oxygen atoms in total. The highest BCUT2D eigenvalue weighted by molar-refractivity contribution is 5.99. The number of nitrogens with zero attached hydrogens (tertiary/aromatic N) is 1. The van der Waals surface area contributed by atoms with Crippen molar-refractivity contribution in [2.75, 3.05) is 12.3 Å². The number of hydrogen-bond donors (Lipinski definition) is 2. The van der Waals surface area contributed by atoms with Crippen LogP contribution < -0.4 is 11.5 Å². The third kappa shape index (κ3) is 3.22. The van der Waals surface area contributed by atoms with E-state index in [4.69, 9.17) is 11.5 Å². The molecule has 0 radical (unpaired) electrons. The second kappa shape index (κ2) is 6.61. The second-order valence-electron chi connectivity index (χ2n) is 4.99. The number of nitrogens with two attached hydrogens (primary N) is 2. The molecule has 0 aliphatic carbocycles. The van der Waals surface area contributed by atoms with Gasteiger partial charge < -0.3 is 16.4 Å². The first-order valence-corrected chi connectivity index (χ1v) is 6.47. The number of primary amides is 1. The summed E-state index contributed by atoms with van der Waals surface area (Å²) in [6, 6.07) is 4.73. The molecule has 4 N–H and O–H groups in total. The van der Waals surface area contributed by atoms with Gasteiger partial charge in [-0.05, 0) is 43.9 Å². The highest BCUT2D eigenvalue weighted by atomic mass is 35.5. The van der Waals surface area contributed by atoms with Crippen LogP contribution in [0.1, 0.15) is 35.2 Å². The fourth-order valence-electron chi connectivity index (χ4n) is 2.50. The number of carbonyl (C=O) groups excluding carboxylic acids is 2. The Hall–Kier alpha value is -1.75. The van der Waals surface area contributed by atoms with Gasteiger partial charge in [-0.1, -0.05) is 6.07 Å². The van der Waals surface area contributed by atoms with Gasteiger partial charge in [0.1, 0.15) is 6.04 Å². The van der Waals surface area contributed by atoms with Gasteiger partial charge >= 0.3 is 0 Å². The molecule has 1 aromatic carbocycles. The van der Waals surface area contributed by atoms with Crippen molar-refractivity contribution in [2.24, 2.45) is 5.73 Å². The Morgan fingerprint density at radius 2 is 2.00 bits per heavy atom. The van der Waals surface area contributed by atoms with Gasteiger partial charge in [-0.2, -0.15) is 0 Å². The smallest absolute Gasteiger partial charge is 0.254 e. The van der Waals surface area contributed by atoms with E-state index in [0.29, 0.717) is 24.2 Å². The van der Waals surface area contributed by atoms with Gasteiger partial charge in [0.05, 0.1) is 0 Å². The minimum atomic E-state index is -0.498. The van der Waals surface area contributed by atoms with Gasteiger partial charge in [0.15, 0.2) is 0 Å². The van der Waals surface area contributed by atoms with Crippen molar-refractivity contribution in [3.63, 3.8) is 0 Å². The summed E-state index contributed by atoms with van der Waals surface area (Å²) in [6.45, 7) is 2.43. The first-order valence-electron chi connectivity index (χ1n) is 6.47. The summed E-state index contributed by atoms with van der Waals surface area (Å²) in [7, 11) is 0. The number of benzene rings is 1. The van der Waals surface area contributed by atoms with Crippen LogP contribution in [0.25, 0.3) is 0 Å². The van der Waals surface area contributed by atoms with E-state index in [0.717, 1.165) is 18.4 Å². The van der Waals surface area contributed by atoms with E-state index in [9.17, 15) is 9.59 Å². The molecule has 1 aliphatic rings. The SMILES string of the molecule is Cc1ccc(N)cc1C(=O)N1CCCCC1C(N)=O.Cl. The number of likely N-dealkylation sites (tertiary alicyclic amines) is 1. The summed E-state index contributed by atoms with van der Waals surface area (Å²) >= 11 is 0. The maximum absolute atomic E-state index is 12.6. The Kier molecular flexibility index (Phi) is 5.39. The highest BCUT2D eigenvalue weighted by Crippen LogP contribution is 2.22. The molecule has 1 fully saturated rings. The molecule has 1 unspecified atom stereocenters. The molecular weight excluding hydrogens is 278 g/mol. The van der Waals surface area contributed by atoms with Crippen molar-refractivity contribution in [3.05, 3.63) is 29.3 Å². The van der Waals surface area contributed by atoms with Crippen molar-refractivity contribution in [3.8, 4) is 0 Å². The Morgan fingerprint density at radius 1 is 1.30 bits per heavy atom. The van der Waals surface area contributed by atoms with Crippen LogP contribution in [0.15, 0.2) is 18.2 Å². The number of carbonyl (C=O) groups is 2. The van der Waals surface area contributed by atoms with Gasteiger partial charge in [0.25, 0.3) is 5.91 Å². The summed E-state index contributed by atoms with van der Waals surface area (Å²) in [4.78, 5) is 25.6. The van der Waals surface area contributed by atoms with E-state index in [1.807, 2.05) is 13.0 Å². The van der Waals surface area contributed by atoms with Crippen LogP contribution in [0.4, 0.5) is 5.69 Å². The summed E-state index contributed by atoms with van der Waals surface area (Å²) in [5.41, 5.74) is 13.1. The van der Waals surface area contributed by atoms with Gasteiger partial charge in [-0.3, -0.25) is 9.59 Å². The highest BCUT2D eigenvalue weighted by Gasteiger charge is 2.31. The lowest BCUT2D eigenvalue weighted by atomic mass is 9.99. The Balaban J connectivity index is 0.00000200. The molecule has 2 rings (SSSR count). The van der Waals surface area contributed by atoms with Gasteiger partial charge in [-0.15, -0.1) is 12.4 Å². The predicted octanol–water partition coefficient (Wildman–Crippen LogP) is 1.48. The summed E-state index contributed by atoms with van der Waals surface area (Å²) < 4.78 is 0. The molecule has 0 saturated carbocycles. The van der Waals surface area contributed by atoms with Crippen LogP contribution in [-0.2, 0) is 4.79 Å². The van der Waals surface area contributed by atoms with Crippen LogP contribution in [-0.4, -0.2) is 29.3 Å². The lowest BCUT2D eigenvalue weighted by Gasteiger charge is -2.34. The van der Waals surface area contributed by atoms with Crippen molar-refractivity contribution in [2.45, 2.75) is 32.2 Å². The number of piperidine rings is 1. The average Bonchev–Trinajstić information content (AvgIpc) is 2.40. The summed E-state index contributed by atoms with van der Waals surface area (Å²) in [5.74, 6) is -0.595. The molecule has 0 bridgehead atoms. The average molecular weight is 298 g/mol. The van der Waals surface area contributed by atoms with Gasteiger partial charge in [0.2, 0.25) is 5.91 Å². The fourth-order valence-corrected chi connectivity index (χ4v) is 2.50. The molecule has 1 heterocycles. The lowest BCUT2D eigenvalue weighted by Crippen LogP contribution is -2.50. The van der Waals surface area contributed by atoms with E-state index in [2.05, 4.69) is 0 Å². The summed E-state index contributed by atoms with van der Waals surface area (Å²) in [5, 5.41) is 0. The van der Waals surface area contributed by atoms with E-state index >= 15 is 0 Å². The number of halogens is 1. The molecule has 1 saturated heterocycles. The number of hydrogen-bond acceptors (Lipinski definition) is 3. The Bertz CT molecular complexity index is 519. The Morgan fingerprint density at radius 3 is 2.65 bits per heavy atom. The number of anilines is 1. The molecule has 110 valence electrons. The third-order valence-electron chi connectivity index (χ3n) is 3.58. The summed E-state index contributed by atoms with van der Waals surface area (Å²) in [6.07, 6.45) is 2.46. The topological polar surface area (TPSA) is 89.4 Å². The molecule has 1 aromatic rings. The minimum absolute atomic E-state index is 0. The molecule has 2 amide bonds. The lowest BCUT2D eigenvalue weighted by molar-refractivity contribution is -0.123. The van der Waals surface area contributed by atoms with Crippen LogP contribution >= 0.6 is 12.4 Å². The second-order valence-corrected chi connectivity index (χ2v) is 4.99. The standard InChI is InChI=1S/C14H19N3O2.ClH/c1-9-5-6-10(15)8-11(9)14(19)17-7-3-2-4-12(17)13(16)18;/h5-6,8,12H,2-4,7,15H2,1H3,(H2,16,18);1H. The quantitative estimate of drug-likeness (QED) is 0.810. The van der Waals surface area contributed by atoms with Crippen LogP contribution in [0.3, 0.4) is 0 Å². The van der Waals surface area contributed by atoms with E-state index in [1.54, 1.807) is 17.0 Å². The minimum Gasteiger partial charge on any atom is -0.399 e. The molecule has 6 heteroatoms. The van der Waals surface area contributed by atoms with Gasteiger partial charge in [-0.25, -0.2) is 0 Å². The van der Waals surface area contributed by atoms with Crippen molar-refractivity contribution >= 4 is 29.9 Å². The normalized spacial score (nSPS) is 18.2. The molecule has 1 aliphatic heterocycles. The van der Waals surface area contributed by atoms with Gasteiger partial charge in [0, 0.05) is 17.8 Å². The molecule has 1 atom stereocenters.